The zero-order valence-corrected chi connectivity index (χ0v) is 23.1. The van der Waals surface area contributed by atoms with Crippen molar-refractivity contribution in [2.24, 2.45) is 10.2 Å². The number of nitrogens with zero attached hydrogens (tertiary/aromatic N) is 10. The van der Waals surface area contributed by atoms with E-state index in [9.17, 15) is 0 Å². The van der Waals surface area contributed by atoms with Crippen LogP contribution in [0.5, 0.6) is 0 Å². The summed E-state index contributed by atoms with van der Waals surface area (Å²) in [5.41, 5.74) is 21.5. The van der Waals surface area contributed by atoms with Crippen LogP contribution in [0.15, 0.2) is 61.8 Å². The van der Waals surface area contributed by atoms with Crippen LogP contribution in [-0.4, -0.2) is 19.1 Å². The molecule has 0 atom stereocenters. The topological polar surface area (TPSA) is 133 Å². The van der Waals surface area contributed by atoms with Gasteiger partial charge in [-0.05, 0) is 75.2 Å². The third-order valence-electron chi connectivity index (χ3n) is 4.83. The fourth-order valence-corrected chi connectivity index (χ4v) is 4.38. The molecule has 0 radical (unpaired) electrons. The first kappa shape index (κ1) is 26.3. The highest BCUT2D eigenvalue weighted by Gasteiger charge is 2.14. The van der Waals surface area contributed by atoms with Crippen LogP contribution in [0, 0.1) is 27.7 Å². The van der Waals surface area contributed by atoms with Crippen LogP contribution in [0.2, 0.25) is 5.15 Å². The van der Waals surface area contributed by atoms with E-state index in [1.165, 1.54) is 0 Å². The molecular formula is C22H19Br2ClN10. The Balaban J connectivity index is 0.000000196. The van der Waals surface area contributed by atoms with E-state index in [2.05, 4.69) is 61.9 Å². The molecule has 2 aromatic carbocycles. The fourth-order valence-electron chi connectivity index (χ4n) is 3.43. The molecule has 0 unspecified atom stereocenters. The first-order valence-corrected chi connectivity index (χ1v) is 12.1. The van der Waals surface area contributed by atoms with Gasteiger partial charge >= 0.3 is 0 Å². The van der Waals surface area contributed by atoms with Gasteiger partial charge in [0.25, 0.3) is 0 Å². The zero-order valence-electron chi connectivity index (χ0n) is 19.1. The first-order chi connectivity index (χ1) is 16.7. The van der Waals surface area contributed by atoms with E-state index in [1.807, 2.05) is 62.7 Å². The van der Waals surface area contributed by atoms with Crippen molar-refractivity contribution in [3.8, 4) is 11.4 Å². The lowest BCUT2D eigenvalue weighted by atomic mass is 10.2. The summed E-state index contributed by atoms with van der Waals surface area (Å²) in [6.07, 6.45) is 1.91. The van der Waals surface area contributed by atoms with Crippen molar-refractivity contribution in [2.75, 3.05) is 0 Å². The lowest BCUT2D eigenvalue weighted by Gasteiger charge is -2.10. The van der Waals surface area contributed by atoms with Crippen molar-refractivity contribution >= 4 is 54.8 Å². The molecule has 0 spiro atoms. The van der Waals surface area contributed by atoms with Gasteiger partial charge in [-0.15, -0.1) is 0 Å². The minimum Gasteiger partial charge on any atom is -0.303 e. The van der Waals surface area contributed by atoms with Gasteiger partial charge in [0.2, 0.25) is 0 Å². The van der Waals surface area contributed by atoms with Gasteiger partial charge in [-0.3, -0.25) is 4.57 Å². The second-order valence-electron chi connectivity index (χ2n) is 7.32. The highest BCUT2D eigenvalue weighted by Crippen LogP contribution is 2.32. The molecule has 0 aliphatic heterocycles. The fraction of sp³-hybridized carbons (Fsp3) is 0.182. The van der Waals surface area contributed by atoms with E-state index in [0.717, 1.165) is 37.7 Å². The number of aromatic nitrogens is 4. The summed E-state index contributed by atoms with van der Waals surface area (Å²) in [4.78, 5) is 14.3. The van der Waals surface area contributed by atoms with Crippen LogP contribution >= 0.6 is 43.5 Å². The average Bonchev–Trinajstić information content (AvgIpc) is 3.26. The van der Waals surface area contributed by atoms with Crippen molar-refractivity contribution < 1.29 is 0 Å². The molecule has 0 amide bonds. The molecule has 0 aliphatic carbocycles. The number of aryl methyl sites for hydroxylation is 4. The maximum absolute atomic E-state index is 8.61. The third kappa shape index (κ3) is 6.05. The number of imidazole rings is 2. The highest BCUT2D eigenvalue weighted by molar-refractivity contribution is 9.10. The largest absolute Gasteiger partial charge is 0.303 e. The molecule has 178 valence electrons. The van der Waals surface area contributed by atoms with Crippen molar-refractivity contribution in [3.05, 3.63) is 101 Å². The Bertz CT molecular complexity index is 1490. The van der Waals surface area contributed by atoms with E-state index in [4.69, 9.17) is 22.7 Å². The third-order valence-corrected chi connectivity index (χ3v) is 6.26. The molecule has 13 heteroatoms. The summed E-state index contributed by atoms with van der Waals surface area (Å²) >= 11 is 12.9. The monoisotopic (exact) mass is 616 g/mol. The molecule has 0 N–H and O–H groups in total. The van der Waals surface area contributed by atoms with Crippen LogP contribution in [-0.2, 0) is 0 Å². The van der Waals surface area contributed by atoms with Gasteiger partial charge in [-0.1, -0.05) is 53.7 Å². The Labute approximate surface area is 223 Å². The van der Waals surface area contributed by atoms with Gasteiger partial charge in [-0.2, -0.15) is 0 Å². The Hall–Kier alpha value is -3.27. The van der Waals surface area contributed by atoms with E-state index in [0.29, 0.717) is 22.2 Å². The Morgan fingerprint density at radius 3 is 1.83 bits per heavy atom. The van der Waals surface area contributed by atoms with Gasteiger partial charge in [-0.25, -0.2) is 9.97 Å². The molecule has 35 heavy (non-hydrogen) atoms. The molecule has 4 rings (SSSR count). The molecule has 0 saturated carbocycles. The number of benzene rings is 2. The highest BCUT2D eigenvalue weighted by atomic mass is 79.9. The lowest BCUT2D eigenvalue weighted by molar-refractivity contribution is 0.972. The van der Waals surface area contributed by atoms with Crippen LogP contribution in [0.1, 0.15) is 23.0 Å². The van der Waals surface area contributed by atoms with E-state index in [1.54, 1.807) is 16.7 Å². The lowest BCUT2D eigenvalue weighted by Crippen LogP contribution is -1.97. The maximum Gasteiger partial charge on any atom is 0.136 e. The minimum atomic E-state index is 0.495. The number of halogens is 3. The van der Waals surface area contributed by atoms with Gasteiger partial charge < -0.3 is 4.57 Å². The zero-order chi connectivity index (χ0) is 25.7. The van der Waals surface area contributed by atoms with E-state index >= 15 is 0 Å². The van der Waals surface area contributed by atoms with Crippen LogP contribution in [0.3, 0.4) is 0 Å². The van der Waals surface area contributed by atoms with Crippen molar-refractivity contribution in [3.63, 3.8) is 0 Å². The van der Waals surface area contributed by atoms with Gasteiger partial charge in [0, 0.05) is 25.0 Å². The van der Waals surface area contributed by atoms with Crippen LogP contribution in [0.4, 0.5) is 11.4 Å². The summed E-state index contributed by atoms with van der Waals surface area (Å²) in [7, 11) is 0. The van der Waals surface area contributed by atoms with Crippen molar-refractivity contribution in [1.29, 1.82) is 0 Å². The van der Waals surface area contributed by atoms with Gasteiger partial charge in [0.05, 0.1) is 34.1 Å². The summed E-state index contributed by atoms with van der Waals surface area (Å²) in [5.74, 6) is 1.61. The van der Waals surface area contributed by atoms with Crippen molar-refractivity contribution in [1.82, 2.24) is 19.1 Å². The normalized spacial score (nSPS) is 10.1. The number of hydrogen-bond acceptors (Lipinski definition) is 4. The molecular weight excluding hydrogens is 600 g/mol. The Morgan fingerprint density at radius 2 is 1.37 bits per heavy atom. The second-order valence-corrected chi connectivity index (χ2v) is 9.50. The predicted molar refractivity (Wildman–Crippen MR) is 144 cm³/mol. The SMILES string of the molecule is Cc1cn(-c2ccc(Br)cc2N=[N+]=[N-])c(C)n1.Cc1nc(C)n(-c2ccc(Br)cc2N=[N+]=[N-])c1Cl. The van der Waals surface area contributed by atoms with Gasteiger partial charge in [0.1, 0.15) is 16.8 Å². The molecule has 0 bridgehead atoms. The number of rotatable bonds is 4. The standard InChI is InChI=1S/C11H9BrClN5.C11H10BrN5/c1-6-11(13)18(7(2)15-6)10-4-3-8(12)5-9(10)16-17-14;1-7-6-17(8(2)14-7)11-4-3-9(12)5-10(11)15-16-13/h3-5H,1-2H3;3-6H,1-2H3. The quantitative estimate of drug-likeness (QED) is 0.128. The smallest absolute Gasteiger partial charge is 0.136 e. The summed E-state index contributed by atoms with van der Waals surface area (Å²) in [6.45, 7) is 7.52. The minimum absolute atomic E-state index is 0.495. The first-order valence-electron chi connectivity index (χ1n) is 10.1. The van der Waals surface area contributed by atoms with Crippen molar-refractivity contribution in [2.45, 2.75) is 27.7 Å². The summed E-state index contributed by atoms with van der Waals surface area (Å²) in [6, 6.07) is 11.0. The molecule has 0 aliphatic rings. The summed E-state index contributed by atoms with van der Waals surface area (Å²) in [5, 5.41) is 7.89. The Kier molecular flexibility index (Phi) is 8.61. The molecule has 2 heterocycles. The molecule has 0 fully saturated rings. The summed E-state index contributed by atoms with van der Waals surface area (Å²) < 4.78 is 5.37. The maximum atomic E-state index is 8.61. The van der Waals surface area contributed by atoms with E-state index in [-0.39, 0.29) is 0 Å². The van der Waals surface area contributed by atoms with E-state index < -0.39 is 0 Å². The van der Waals surface area contributed by atoms with Crippen LogP contribution < -0.4 is 0 Å². The number of hydrogen-bond donors (Lipinski definition) is 0. The Morgan fingerprint density at radius 1 is 0.829 bits per heavy atom. The average molecular weight is 619 g/mol. The molecule has 10 nitrogen and oxygen atoms in total. The molecule has 2 aromatic heterocycles. The molecule has 4 aromatic rings. The van der Waals surface area contributed by atoms with Gasteiger partial charge in [0.15, 0.2) is 0 Å². The van der Waals surface area contributed by atoms with Crippen LogP contribution in [0.25, 0.3) is 32.3 Å². The second kappa shape index (κ2) is 11.4. The molecule has 0 saturated heterocycles. The predicted octanol–water partition coefficient (Wildman–Crippen LogP) is 9.04. The number of azide groups is 2.